The van der Waals surface area contributed by atoms with Crippen molar-refractivity contribution in [2.75, 3.05) is 32.1 Å². The number of nitrogens with one attached hydrogen (secondary N) is 2. The van der Waals surface area contributed by atoms with Crippen LogP contribution in [0.1, 0.15) is 20.3 Å². The number of pyridine rings is 1. The number of hydrogen-bond acceptors (Lipinski definition) is 5. The highest BCUT2D eigenvalue weighted by Crippen LogP contribution is 2.21. The van der Waals surface area contributed by atoms with Gasteiger partial charge in [-0.1, -0.05) is 0 Å². The van der Waals surface area contributed by atoms with Gasteiger partial charge in [-0.05, 0) is 32.4 Å². The lowest BCUT2D eigenvalue weighted by Gasteiger charge is -2.14. The van der Waals surface area contributed by atoms with Crippen LogP contribution in [0.5, 0.6) is 5.88 Å². The Morgan fingerprint density at radius 1 is 1.45 bits per heavy atom. The molecule has 6 heteroatoms. The van der Waals surface area contributed by atoms with Gasteiger partial charge in [0.05, 0.1) is 18.3 Å². The van der Waals surface area contributed by atoms with E-state index in [9.17, 15) is 4.79 Å². The molecular weight excluding hydrogens is 258 g/mol. The molecule has 1 aromatic heterocycles. The van der Waals surface area contributed by atoms with Crippen molar-refractivity contribution in [1.29, 1.82) is 0 Å². The lowest BCUT2D eigenvalue weighted by atomic mass is 10.3. The number of aromatic nitrogens is 1. The Balaban J connectivity index is 2.39. The summed E-state index contributed by atoms with van der Waals surface area (Å²) in [5.74, 6) is 0.440. The largest absolute Gasteiger partial charge is 0.473 e. The van der Waals surface area contributed by atoms with Crippen LogP contribution in [-0.2, 0) is 9.53 Å². The Labute approximate surface area is 119 Å². The summed E-state index contributed by atoms with van der Waals surface area (Å²) in [6, 6.07) is 3.63. The van der Waals surface area contributed by atoms with E-state index in [1.807, 2.05) is 19.9 Å². The molecule has 0 unspecified atom stereocenters. The quantitative estimate of drug-likeness (QED) is 0.670. The van der Waals surface area contributed by atoms with E-state index in [2.05, 4.69) is 15.6 Å². The molecule has 0 aliphatic carbocycles. The molecule has 0 aromatic carbocycles. The van der Waals surface area contributed by atoms with Crippen LogP contribution in [-0.4, -0.2) is 43.8 Å². The maximum absolute atomic E-state index is 11.6. The van der Waals surface area contributed by atoms with Gasteiger partial charge < -0.3 is 20.1 Å². The van der Waals surface area contributed by atoms with Gasteiger partial charge in [-0.15, -0.1) is 0 Å². The Morgan fingerprint density at radius 2 is 2.25 bits per heavy atom. The predicted molar refractivity (Wildman–Crippen MR) is 78.0 cm³/mol. The molecule has 0 saturated heterocycles. The average Bonchev–Trinajstić information content (AvgIpc) is 2.42. The molecule has 112 valence electrons. The Morgan fingerprint density at radius 3 is 2.95 bits per heavy atom. The van der Waals surface area contributed by atoms with Crippen LogP contribution in [0.2, 0.25) is 0 Å². The molecule has 1 amide bonds. The van der Waals surface area contributed by atoms with E-state index in [0.717, 1.165) is 6.42 Å². The first-order valence-corrected chi connectivity index (χ1v) is 6.74. The van der Waals surface area contributed by atoms with Crippen molar-refractivity contribution in [2.24, 2.45) is 0 Å². The number of nitrogens with zero attached hydrogens (tertiary/aromatic N) is 1. The first kappa shape index (κ1) is 16.2. The minimum Gasteiger partial charge on any atom is -0.473 e. The fourth-order valence-corrected chi connectivity index (χ4v) is 1.52. The molecule has 1 heterocycles. The molecule has 1 rings (SSSR count). The van der Waals surface area contributed by atoms with E-state index in [0.29, 0.717) is 24.7 Å². The summed E-state index contributed by atoms with van der Waals surface area (Å²) in [5.41, 5.74) is 0.716. The van der Waals surface area contributed by atoms with Crippen LogP contribution in [0.15, 0.2) is 18.3 Å². The normalized spacial score (nSPS) is 10.4. The fourth-order valence-electron chi connectivity index (χ4n) is 1.52. The summed E-state index contributed by atoms with van der Waals surface area (Å²) < 4.78 is 10.5. The lowest BCUT2D eigenvalue weighted by molar-refractivity contribution is -0.119. The zero-order chi connectivity index (χ0) is 14.8. The Kier molecular flexibility index (Phi) is 7.42. The minimum absolute atomic E-state index is 0.0355. The Hall–Kier alpha value is -1.82. The van der Waals surface area contributed by atoms with E-state index in [1.54, 1.807) is 19.4 Å². The highest BCUT2D eigenvalue weighted by atomic mass is 16.5. The van der Waals surface area contributed by atoms with Crippen molar-refractivity contribution in [1.82, 2.24) is 10.3 Å². The molecule has 0 atom stereocenters. The highest BCUT2D eigenvalue weighted by Gasteiger charge is 2.08. The summed E-state index contributed by atoms with van der Waals surface area (Å²) in [6.45, 7) is 5.30. The average molecular weight is 281 g/mol. The van der Waals surface area contributed by atoms with Gasteiger partial charge in [0.25, 0.3) is 0 Å². The molecule has 0 spiro atoms. The number of hydrogen-bond donors (Lipinski definition) is 2. The summed E-state index contributed by atoms with van der Waals surface area (Å²) in [7, 11) is 1.64. The fraction of sp³-hybridized carbons (Fsp3) is 0.571. The number of amides is 1. The number of anilines is 1. The van der Waals surface area contributed by atoms with Gasteiger partial charge in [-0.25, -0.2) is 4.98 Å². The van der Waals surface area contributed by atoms with Crippen LogP contribution >= 0.6 is 0 Å². The third-order valence-corrected chi connectivity index (χ3v) is 2.41. The molecule has 0 fully saturated rings. The van der Waals surface area contributed by atoms with Crippen LogP contribution in [0.25, 0.3) is 0 Å². The van der Waals surface area contributed by atoms with E-state index in [-0.39, 0.29) is 18.6 Å². The highest BCUT2D eigenvalue weighted by molar-refractivity contribution is 5.81. The zero-order valence-electron chi connectivity index (χ0n) is 12.3. The number of carbonyl (C=O) groups excluding carboxylic acids is 1. The second kappa shape index (κ2) is 9.14. The molecule has 0 bridgehead atoms. The molecular formula is C14H23N3O3. The monoisotopic (exact) mass is 281 g/mol. The van der Waals surface area contributed by atoms with E-state index in [1.165, 1.54) is 0 Å². The number of carbonyl (C=O) groups is 1. The van der Waals surface area contributed by atoms with Crippen molar-refractivity contribution in [3.63, 3.8) is 0 Å². The summed E-state index contributed by atoms with van der Waals surface area (Å²) in [6.07, 6.45) is 2.50. The lowest BCUT2D eigenvalue weighted by Crippen LogP contribution is -2.31. The number of methoxy groups -OCH3 is 1. The smallest absolute Gasteiger partial charge is 0.239 e. The third kappa shape index (κ3) is 6.38. The topological polar surface area (TPSA) is 72.5 Å². The van der Waals surface area contributed by atoms with Gasteiger partial charge >= 0.3 is 0 Å². The van der Waals surface area contributed by atoms with Crippen LogP contribution in [0.4, 0.5) is 5.69 Å². The minimum atomic E-state index is -0.0690. The SMILES string of the molecule is COCCCNC(=O)CNc1cccnc1OC(C)C. The maximum atomic E-state index is 11.6. The predicted octanol–water partition coefficient (Wildman–Crippen LogP) is 1.43. The van der Waals surface area contributed by atoms with Crippen molar-refractivity contribution < 1.29 is 14.3 Å². The van der Waals surface area contributed by atoms with E-state index in [4.69, 9.17) is 9.47 Å². The van der Waals surface area contributed by atoms with E-state index < -0.39 is 0 Å². The molecule has 6 nitrogen and oxygen atoms in total. The second-order valence-corrected chi connectivity index (χ2v) is 4.57. The standard InChI is InChI=1S/C14H23N3O3/c1-11(2)20-14-12(6-4-7-16-14)17-10-13(18)15-8-5-9-19-3/h4,6-7,11,17H,5,8-10H2,1-3H3,(H,15,18). The van der Waals surface area contributed by atoms with Gasteiger partial charge in [-0.3, -0.25) is 4.79 Å². The molecule has 1 aromatic rings. The molecule has 0 radical (unpaired) electrons. The molecule has 0 saturated carbocycles. The van der Waals surface area contributed by atoms with Gasteiger partial charge in [0.15, 0.2) is 0 Å². The van der Waals surface area contributed by atoms with Crippen LogP contribution in [0.3, 0.4) is 0 Å². The van der Waals surface area contributed by atoms with Crippen molar-refractivity contribution >= 4 is 11.6 Å². The van der Waals surface area contributed by atoms with Crippen molar-refractivity contribution in [3.05, 3.63) is 18.3 Å². The van der Waals surface area contributed by atoms with Gasteiger partial charge in [0.1, 0.15) is 0 Å². The maximum Gasteiger partial charge on any atom is 0.239 e. The van der Waals surface area contributed by atoms with Gasteiger partial charge in [0.2, 0.25) is 11.8 Å². The van der Waals surface area contributed by atoms with Crippen LogP contribution < -0.4 is 15.4 Å². The molecule has 0 aliphatic rings. The summed E-state index contributed by atoms with van der Waals surface area (Å²) in [5, 5.41) is 5.83. The van der Waals surface area contributed by atoms with Crippen molar-refractivity contribution in [3.8, 4) is 5.88 Å². The first-order chi connectivity index (χ1) is 9.63. The van der Waals surface area contributed by atoms with Crippen molar-refractivity contribution in [2.45, 2.75) is 26.4 Å². The number of ether oxygens (including phenoxy) is 2. The molecule has 2 N–H and O–H groups in total. The molecule has 0 aliphatic heterocycles. The van der Waals surface area contributed by atoms with Gasteiger partial charge in [0, 0.05) is 26.5 Å². The Bertz CT molecular complexity index is 410. The summed E-state index contributed by atoms with van der Waals surface area (Å²) in [4.78, 5) is 15.8. The third-order valence-electron chi connectivity index (χ3n) is 2.41. The van der Waals surface area contributed by atoms with Crippen LogP contribution in [0, 0.1) is 0 Å². The summed E-state index contributed by atoms with van der Waals surface area (Å²) >= 11 is 0. The molecule has 20 heavy (non-hydrogen) atoms. The van der Waals surface area contributed by atoms with E-state index >= 15 is 0 Å². The first-order valence-electron chi connectivity index (χ1n) is 6.74. The number of rotatable bonds is 9. The zero-order valence-corrected chi connectivity index (χ0v) is 12.3. The second-order valence-electron chi connectivity index (χ2n) is 4.57. The van der Waals surface area contributed by atoms with Gasteiger partial charge in [-0.2, -0.15) is 0 Å².